The van der Waals surface area contributed by atoms with E-state index in [0.29, 0.717) is 29.1 Å². The van der Waals surface area contributed by atoms with E-state index in [0.717, 1.165) is 21.7 Å². The summed E-state index contributed by atoms with van der Waals surface area (Å²) in [7, 11) is -3.68. The van der Waals surface area contributed by atoms with Crippen LogP contribution in [0, 0.1) is 6.92 Å². The highest BCUT2D eigenvalue weighted by molar-refractivity contribution is 7.92. The van der Waals surface area contributed by atoms with Crippen LogP contribution in [0.5, 0.6) is 5.75 Å². The van der Waals surface area contributed by atoms with Crippen molar-refractivity contribution in [1.29, 1.82) is 0 Å². The fourth-order valence-corrected chi connectivity index (χ4v) is 4.30. The van der Waals surface area contributed by atoms with Gasteiger partial charge in [0.05, 0.1) is 18.2 Å². The molecule has 0 unspecified atom stereocenters. The smallest absolute Gasteiger partial charge is 0.262 e. The molecule has 0 saturated carbocycles. The van der Waals surface area contributed by atoms with Crippen LogP contribution in [0.3, 0.4) is 0 Å². The van der Waals surface area contributed by atoms with Crippen LogP contribution < -0.4 is 19.8 Å². The lowest BCUT2D eigenvalue weighted by Crippen LogP contribution is -2.39. The lowest BCUT2D eigenvalue weighted by Gasteiger charge is -2.23. The number of benzene rings is 3. The minimum atomic E-state index is -3.68. The lowest BCUT2D eigenvalue weighted by molar-refractivity contribution is -0.119. The van der Waals surface area contributed by atoms with Gasteiger partial charge in [-0.1, -0.05) is 42.8 Å². The molecule has 0 spiro atoms. The number of ether oxygens (including phenoxy) is 1. The van der Waals surface area contributed by atoms with E-state index in [4.69, 9.17) is 4.74 Å². The van der Waals surface area contributed by atoms with Gasteiger partial charge in [-0.15, -0.1) is 0 Å². The first-order valence-electron chi connectivity index (χ1n) is 11.6. The highest BCUT2D eigenvalue weighted by Gasteiger charge is 2.22. The Bertz CT molecular complexity index is 1350. The first-order valence-corrected chi connectivity index (χ1v) is 13.5. The molecule has 0 aliphatic rings. The van der Waals surface area contributed by atoms with Gasteiger partial charge in [0.1, 0.15) is 12.3 Å². The number of hydrogen-bond acceptors (Lipinski definition) is 6. The number of para-hydroxylation sites is 1. The normalized spacial score (nSPS) is 11.2. The Morgan fingerprint density at radius 2 is 1.65 bits per heavy atom. The molecular weight excluding hydrogens is 492 g/mol. The fourth-order valence-electron chi connectivity index (χ4n) is 3.41. The van der Waals surface area contributed by atoms with Gasteiger partial charge < -0.3 is 10.1 Å². The molecule has 9 nitrogen and oxygen atoms in total. The summed E-state index contributed by atoms with van der Waals surface area (Å²) in [4.78, 5) is 24.5. The van der Waals surface area contributed by atoms with Crippen LogP contribution in [0.4, 0.5) is 11.4 Å². The van der Waals surface area contributed by atoms with Gasteiger partial charge in [0, 0.05) is 5.69 Å². The van der Waals surface area contributed by atoms with Gasteiger partial charge in [0.15, 0.2) is 6.61 Å². The number of amides is 2. The van der Waals surface area contributed by atoms with Crippen LogP contribution in [0.15, 0.2) is 77.9 Å². The van der Waals surface area contributed by atoms with Crippen molar-refractivity contribution in [2.75, 3.05) is 29.0 Å². The molecule has 0 saturated heterocycles. The van der Waals surface area contributed by atoms with E-state index in [-0.39, 0.29) is 12.5 Å². The molecule has 0 heterocycles. The molecule has 10 heteroatoms. The number of hydrazone groups is 1. The van der Waals surface area contributed by atoms with Gasteiger partial charge in [0.2, 0.25) is 10.0 Å². The third-order valence-electron chi connectivity index (χ3n) is 5.32. The second-order valence-electron chi connectivity index (χ2n) is 8.32. The average Bonchev–Trinajstić information content (AvgIpc) is 2.87. The zero-order valence-corrected chi connectivity index (χ0v) is 21.8. The first-order chi connectivity index (χ1) is 17.7. The van der Waals surface area contributed by atoms with E-state index in [1.165, 1.54) is 6.21 Å². The number of sulfonamides is 1. The van der Waals surface area contributed by atoms with E-state index < -0.39 is 22.5 Å². The summed E-state index contributed by atoms with van der Waals surface area (Å²) in [6.07, 6.45) is 3.11. The van der Waals surface area contributed by atoms with Crippen LogP contribution in [0.2, 0.25) is 0 Å². The molecule has 0 fully saturated rings. The fraction of sp³-hybridized carbons (Fsp3) is 0.222. The van der Waals surface area contributed by atoms with Gasteiger partial charge in [-0.25, -0.2) is 13.8 Å². The van der Waals surface area contributed by atoms with Crippen molar-refractivity contribution < 1.29 is 22.7 Å². The maximum Gasteiger partial charge on any atom is 0.262 e. The van der Waals surface area contributed by atoms with Gasteiger partial charge in [-0.2, -0.15) is 5.10 Å². The van der Waals surface area contributed by atoms with Crippen LogP contribution in [0.1, 0.15) is 23.6 Å². The molecule has 3 aromatic carbocycles. The van der Waals surface area contributed by atoms with Gasteiger partial charge in [-0.05, 0) is 66.9 Å². The van der Waals surface area contributed by atoms with Crippen molar-refractivity contribution in [3.63, 3.8) is 0 Å². The summed E-state index contributed by atoms with van der Waals surface area (Å²) in [6, 6.07) is 21.3. The number of carbonyl (C=O) groups is 2. The van der Waals surface area contributed by atoms with E-state index >= 15 is 0 Å². The molecule has 3 rings (SSSR count). The number of aryl methyl sites for hydroxylation is 2. The molecule has 0 aliphatic heterocycles. The number of nitrogens with zero attached hydrogens (tertiary/aromatic N) is 2. The minimum Gasteiger partial charge on any atom is -0.484 e. The first kappa shape index (κ1) is 27.4. The molecule has 37 heavy (non-hydrogen) atoms. The summed E-state index contributed by atoms with van der Waals surface area (Å²) >= 11 is 0. The van der Waals surface area contributed by atoms with Gasteiger partial charge in [-0.3, -0.25) is 13.9 Å². The molecule has 0 aromatic heterocycles. The predicted molar refractivity (Wildman–Crippen MR) is 145 cm³/mol. The van der Waals surface area contributed by atoms with Gasteiger partial charge in [0.25, 0.3) is 11.8 Å². The number of carbonyl (C=O) groups excluding carboxylic acids is 2. The third-order valence-corrected chi connectivity index (χ3v) is 6.44. The zero-order chi connectivity index (χ0) is 26.8. The molecule has 2 amide bonds. The van der Waals surface area contributed by atoms with E-state index in [1.54, 1.807) is 36.4 Å². The maximum atomic E-state index is 12.4. The Morgan fingerprint density at radius 3 is 2.30 bits per heavy atom. The Balaban J connectivity index is 1.51. The van der Waals surface area contributed by atoms with Gasteiger partial charge >= 0.3 is 0 Å². The number of hydrogen-bond donors (Lipinski definition) is 2. The largest absolute Gasteiger partial charge is 0.484 e. The SMILES string of the molecule is CCc1ccccc1N(CC(=O)N/N=C\c1ccc(OCC(=O)Nc2ccc(C)cc2)cc1)S(C)(=O)=O. The summed E-state index contributed by atoms with van der Waals surface area (Å²) in [5, 5.41) is 6.68. The molecule has 3 aromatic rings. The van der Waals surface area contributed by atoms with Crippen molar-refractivity contribution in [2.24, 2.45) is 5.10 Å². The van der Waals surface area contributed by atoms with Crippen molar-refractivity contribution in [1.82, 2.24) is 5.43 Å². The Kier molecular flexibility index (Phi) is 9.39. The summed E-state index contributed by atoms with van der Waals surface area (Å²) in [5.74, 6) is -0.354. The molecule has 0 aliphatic carbocycles. The Morgan fingerprint density at radius 1 is 0.973 bits per heavy atom. The monoisotopic (exact) mass is 522 g/mol. The van der Waals surface area contributed by atoms with Crippen molar-refractivity contribution in [3.05, 3.63) is 89.5 Å². The lowest BCUT2D eigenvalue weighted by atomic mass is 10.1. The van der Waals surface area contributed by atoms with Crippen LogP contribution in [-0.4, -0.2) is 45.9 Å². The number of rotatable bonds is 11. The van der Waals surface area contributed by atoms with Crippen molar-refractivity contribution >= 4 is 39.4 Å². The van der Waals surface area contributed by atoms with Crippen molar-refractivity contribution in [2.45, 2.75) is 20.3 Å². The van der Waals surface area contributed by atoms with Crippen LogP contribution in [0.25, 0.3) is 0 Å². The Hall–Kier alpha value is -4.18. The molecular formula is C27H30N4O5S. The molecule has 0 atom stereocenters. The number of nitrogens with one attached hydrogen (secondary N) is 2. The maximum absolute atomic E-state index is 12.4. The standard InChI is InChI=1S/C27H30N4O5S/c1-4-22-7-5-6-8-25(22)31(37(3,34)35)18-26(32)30-28-17-21-11-15-24(16-12-21)36-19-27(33)29-23-13-9-20(2)10-14-23/h5-17H,4,18-19H2,1-3H3,(H,29,33)(H,30,32)/b28-17-. The molecule has 0 radical (unpaired) electrons. The molecule has 0 bridgehead atoms. The summed E-state index contributed by atoms with van der Waals surface area (Å²) in [5.41, 5.74) is 6.12. The summed E-state index contributed by atoms with van der Waals surface area (Å²) in [6.45, 7) is 3.34. The predicted octanol–water partition coefficient (Wildman–Crippen LogP) is 3.49. The third kappa shape index (κ3) is 8.46. The zero-order valence-electron chi connectivity index (χ0n) is 21.0. The number of anilines is 2. The molecule has 194 valence electrons. The highest BCUT2D eigenvalue weighted by atomic mass is 32.2. The van der Waals surface area contributed by atoms with Crippen LogP contribution in [-0.2, 0) is 26.0 Å². The van der Waals surface area contributed by atoms with E-state index in [1.807, 2.05) is 50.2 Å². The summed E-state index contributed by atoms with van der Waals surface area (Å²) < 4.78 is 31.2. The quantitative estimate of drug-likeness (QED) is 0.295. The van der Waals surface area contributed by atoms with E-state index in [2.05, 4.69) is 15.8 Å². The van der Waals surface area contributed by atoms with Crippen LogP contribution >= 0.6 is 0 Å². The second-order valence-corrected chi connectivity index (χ2v) is 10.2. The average molecular weight is 523 g/mol. The Labute approximate surface area is 217 Å². The molecule has 2 N–H and O–H groups in total. The second kappa shape index (κ2) is 12.7. The topological polar surface area (TPSA) is 117 Å². The minimum absolute atomic E-state index is 0.143. The van der Waals surface area contributed by atoms with E-state index in [9.17, 15) is 18.0 Å². The highest BCUT2D eigenvalue weighted by Crippen LogP contribution is 2.23. The van der Waals surface area contributed by atoms with Crippen molar-refractivity contribution in [3.8, 4) is 5.75 Å².